The van der Waals surface area contributed by atoms with Crippen LogP contribution < -0.4 is 11.1 Å². The summed E-state index contributed by atoms with van der Waals surface area (Å²) >= 11 is 1.41. The van der Waals surface area contributed by atoms with E-state index in [0.29, 0.717) is 6.54 Å². The average Bonchev–Trinajstić information content (AvgIpc) is 2.41. The van der Waals surface area contributed by atoms with Crippen LogP contribution in [-0.4, -0.2) is 22.4 Å². The highest BCUT2D eigenvalue weighted by molar-refractivity contribution is 7.05. The second kappa shape index (κ2) is 4.32. The van der Waals surface area contributed by atoms with Gasteiger partial charge in [-0.1, -0.05) is 0 Å². The maximum Gasteiger partial charge on any atom is 0.129 e. The van der Waals surface area contributed by atoms with Gasteiger partial charge in [-0.3, -0.25) is 0 Å². The van der Waals surface area contributed by atoms with Crippen molar-refractivity contribution in [1.29, 1.82) is 0 Å². The van der Waals surface area contributed by atoms with E-state index in [0.717, 1.165) is 18.1 Å². The van der Waals surface area contributed by atoms with Crippen LogP contribution in [0.25, 0.3) is 0 Å². The SMILES string of the molecule is NCCNCc1ncns1. The Morgan fingerprint density at radius 3 is 3.20 bits per heavy atom. The van der Waals surface area contributed by atoms with Crippen LogP contribution in [-0.2, 0) is 6.54 Å². The molecule has 0 amide bonds. The van der Waals surface area contributed by atoms with Crippen LogP contribution in [0.5, 0.6) is 0 Å². The first-order chi connectivity index (χ1) is 4.93. The normalized spacial score (nSPS) is 10.1. The Balaban J connectivity index is 2.15. The summed E-state index contributed by atoms with van der Waals surface area (Å²) in [5, 5.41) is 4.13. The van der Waals surface area contributed by atoms with Gasteiger partial charge in [-0.15, -0.1) is 0 Å². The molecule has 10 heavy (non-hydrogen) atoms. The van der Waals surface area contributed by atoms with Gasteiger partial charge in [0.05, 0.1) is 0 Å². The van der Waals surface area contributed by atoms with Crippen LogP contribution in [0.1, 0.15) is 5.01 Å². The second-order valence-electron chi connectivity index (χ2n) is 1.80. The van der Waals surface area contributed by atoms with E-state index in [4.69, 9.17) is 5.73 Å². The standard InChI is InChI=1S/C5H10N4S/c6-1-2-7-3-5-8-4-9-10-5/h4,7H,1-3,6H2. The van der Waals surface area contributed by atoms with E-state index in [9.17, 15) is 0 Å². The summed E-state index contributed by atoms with van der Waals surface area (Å²) in [6, 6.07) is 0. The molecule has 0 fully saturated rings. The fourth-order valence-corrected chi connectivity index (χ4v) is 1.05. The lowest BCUT2D eigenvalue weighted by Gasteiger charge is -1.96. The third-order valence-corrected chi connectivity index (χ3v) is 1.66. The molecule has 0 aromatic carbocycles. The largest absolute Gasteiger partial charge is 0.329 e. The summed E-state index contributed by atoms with van der Waals surface area (Å²) in [5.41, 5.74) is 5.27. The maximum atomic E-state index is 5.27. The molecule has 1 rings (SSSR count). The summed E-state index contributed by atoms with van der Waals surface area (Å²) in [7, 11) is 0. The smallest absolute Gasteiger partial charge is 0.129 e. The maximum absolute atomic E-state index is 5.27. The third kappa shape index (κ3) is 2.38. The Hall–Kier alpha value is -0.520. The van der Waals surface area contributed by atoms with Gasteiger partial charge in [-0.25, -0.2) is 4.98 Å². The highest BCUT2D eigenvalue weighted by atomic mass is 32.1. The van der Waals surface area contributed by atoms with Crippen LogP contribution in [0.3, 0.4) is 0 Å². The molecular formula is C5H10N4S. The highest BCUT2D eigenvalue weighted by Gasteiger charge is 1.92. The van der Waals surface area contributed by atoms with E-state index in [1.165, 1.54) is 11.5 Å². The number of aromatic nitrogens is 2. The molecule has 0 aliphatic carbocycles. The lowest BCUT2D eigenvalue weighted by Crippen LogP contribution is -2.21. The molecule has 56 valence electrons. The second-order valence-corrected chi connectivity index (χ2v) is 2.67. The lowest BCUT2D eigenvalue weighted by molar-refractivity contribution is 0.692. The van der Waals surface area contributed by atoms with Gasteiger partial charge in [0.1, 0.15) is 11.3 Å². The van der Waals surface area contributed by atoms with E-state index < -0.39 is 0 Å². The van der Waals surface area contributed by atoms with Crippen molar-refractivity contribution in [2.75, 3.05) is 13.1 Å². The van der Waals surface area contributed by atoms with Crippen molar-refractivity contribution in [3.05, 3.63) is 11.3 Å². The Labute approximate surface area is 63.6 Å². The van der Waals surface area contributed by atoms with Gasteiger partial charge in [0, 0.05) is 19.6 Å². The van der Waals surface area contributed by atoms with Gasteiger partial charge in [0.2, 0.25) is 0 Å². The molecular weight excluding hydrogens is 148 g/mol. The van der Waals surface area contributed by atoms with Crippen molar-refractivity contribution < 1.29 is 0 Å². The molecule has 0 saturated heterocycles. The van der Waals surface area contributed by atoms with Gasteiger partial charge < -0.3 is 11.1 Å². The highest BCUT2D eigenvalue weighted by Crippen LogP contribution is 1.96. The van der Waals surface area contributed by atoms with Crippen LogP contribution >= 0.6 is 11.5 Å². The fourth-order valence-electron chi connectivity index (χ4n) is 0.571. The van der Waals surface area contributed by atoms with Crippen LogP contribution in [0.15, 0.2) is 6.33 Å². The van der Waals surface area contributed by atoms with Gasteiger partial charge in [-0.05, 0) is 11.5 Å². The molecule has 0 spiro atoms. The molecule has 1 aromatic heterocycles. The molecule has 0 radical (unpaired) electrons. The molecule has 0 aliphatic rings. The molecule has 1 aromatic rings. The zero-order chi connectivity index (χ0) is 7.23. The summed E-state index contributed by atoms with van der Waals surface area (Å²) in [5.74, 6) is 0. The van der Waals surface area contributed by atoms with Crippen molar-refractivity contribution >= 4 is 11.5 Å². The Bertz CT molecular complexity index is 162. The quantitative estimate of drug-likeness (QED) is 0.584. The van der Waals surface area contributed by atoms with Gasteiger partial charge in [0.15, 0.2) is 0 Å². The minimum absolute atomic E-state index is 0.665. The van der Waals surface area contributed by atoms with E-state index in [1.807, 2.05) is 0 Å². The first kappa shape index (κ1) is 7.59. The molecule has 0 atom stereocenters. The predicted octanol–water partition coefficient (Wildman–Crippen LogP) is -0.414. The van der Waals surface area contributed by atoms with Crippen molar-refractivity contribution in [2.45, 2.75) is 6.54 Å². The first-order valence-electron chi connectivity index (χ1n) is 3.10. The first-order valence-corrected chi connectivity index (χ1v) is 3.87. The van der Waals surface area contributed by atoms with Gasteiger partial charge in [-0.2, -0.15) is 4.37 Å². The van der Waals surface area contributed by atoms with Crippen molar-refractivity contribution in [1.82, 2.24) is 14.7 Å². The minimum atomic E-state index is 0.665. The third-order valence-electron chi connectivity index (χ3n) is 1.00. The molecule has 0 aliphatic heterocycles. The summed E-state index contributed by atoms with van der Waals surface area (Å²) in [6.45, 7) is 2.28. The average molecular weight is 158 g/mol. The molecule has 0 bridgehead atoms. The Morgan fingerprint density at radius 2 is 2.60 bits per heavy atom. The molecule has 3 N–H and O–H groups in total. The van der Waals surface area contributed by atoms with E-state index in [1.54, 1.807) is 6.33 Å². The number of nitrogens with two attached hydrogens (primary N) is 1. The number of nitrogens with zero attached hydrogens (tertiary/aromatic N) is 2. The molecule has 5 heteroatoms. The molecule has 0 saturated carbocycles. The molecule has 0 unspecified atom stereocenters. The minimum Gasteiger partial charge on any atom is -0.329 e. The van der Waals surface area contributed by atoms with E-state index in [-0.39, 0.29) is 0 Å². The number of hydrogen-bond acceptors (Lipinski definition) is 5. The number of nitrogens with one attached hydrogen (secondary N) is 1. The lowest BCUT2D eigenvalue weighted by atomic mass is 10.6. The Kier molecular flexibility index (Phi) is 3.28. The van der Waals surface area contributed by atoms with Crippen molar-refractivity contribution in [3.63, 3.8) is 0 Å². The molecule has 4 nitrogen and oxygen atoms in total. The van der Waals surface area contributed by atoms with Crippen LogP contribution in [0.2, 0.25) is 0 Å². The molecule has 1 heterocycles. The van der Waals surface area contributed by atoms with E-state index >= 15 is 0 Å². The number of rotatable bonds is 4. The van der Waals surface area contributed by atoms with Crippen LogP contribution in [0.4, 0.5) is 0 Å². The van der Waals surface area contributed by atoms with Crippen molar-refractivity contribution in [3.8, 4) is 0 Å². The Morgan fingerprint density at radius 1 is 1.70 bits per heavy atom. The van der Waals surface area contributed by atoms with E-state index in [2.05, 4.69) is 14.7 Å². The summed E-state index contributed by atoms with van der Waals surface area (Å²) < 4.78 is 3.86. The monoisotopic (exact) mass is 158 g/mol. The summed E-state index contributed by atoms with van der Waals surface area (Å²) in [6.07, 6.45) is 1.56. The zero-order valence-corrected chi connectivity index (χ0v) is 6.40. The van der Waals surface area contributed by atoms with Gasteiger partial charge >= 0.3 is 0 Å². The van der Waals surface area contributed by atoms with Gasteiger partial charge in [0.25, 0.3) is 0 Å². The predicted molar refractivity (Wildman–Crippen MR) is 40.7 cm³/mol. The van der Waals surface area contributed by atoms with Crippen LogP contribution in [0, 0.1) is 0 Å². The number of hydrogen-bond donors (Lipinski definition) is 2. The topological polar surface area (TPSA) is 63.8 Å². The van der Waals surface area contributed by atoms with Crippen molar-refractivity contribution in [2.24, 2.45) is 5.73 Å². The fraction of sp³-hybridized carbons (Fsp3) is 0.600. The summed E-state index contributed by atoms with van der Waals surface area (Å²) in [4.78, 5) is 3.99. The zero-order valence-electron chi connectivity index (χ0n) is 5.58.